The summed E-state index contributed by atoms with van der Waals surface area (Å²) in [7, 11) is 0. The van der Waals surface area contributed by atoms with Gasteiger partial charge in [-0.05, 0) is 73.1 Å². The monoisotopic (exact) mass is 490 g/mol. The number of benzene rings is 2. The molecular weight excluding hydrogens is 463 g/mol. The highest BCUT2D eigenvalue weighted by Crippen LogP contribution is 2.25. The molecular formula is C22H27IN4O. The molecule has 28 heavy (non-hydrogen) atoms. The lowest BCUT2D eigenvalue weighted by Crippen LogP contribution is -2.35. The summed E-state index contributed by atoms with van der Waals surface area (Å²) < 4.78 is 0. The first-order chi connectivity index (χ1) is 13.2. The Labute approximate surface area is 183 Å². The van der Waals surface area contributed by atoms with Gasteiger partial charge >= 0.3 is 0 Å². The van der Waals surface area contributed by atoms with Crippen LogP contribution in [0.4, 0.5) is 11.4 Å². The third-order valence-electron chi connectivity index (χ3n) is 5.37. The zero-order valence-corrected chi connectivity index (χ0v) is 18.3. The van der Waals surface area contributed by atoms with Crippen LogP contribution in [-0.4, -0.2) is 18.4 Å². The molecule has 0 saturated carbocycles. The molecule has 1 fully saturated rings. The SMILES string of the molecule is I.NC(=NCc1ccc(N2CCCCC2=O)cc1)Nc1ccc2c(c1)CCC2. The van der Waals surface area contributed by atoms with E-state index >= 15 is 0 Å². The summed E-state index contributed by atoms with van der Waals surface area (Å²) in [5, 5.41) is 3.19. The highest BCUT2D eigenvalue weighted by molar-refractivity contribution is 14.0. The minimum absolute atomic E-state index is 0. The number of fused-ring (bicyclic) bond motifs is 1. The average Bonchev–Trinajstić information content (AvgIpc) is 3.15. The van der Waals surface area contributed by atoms with Crippen LogP contribution in [0.1, 0.15) is 42.4 Å². The molecule has 4 rings (SSSR count). The summed E-state index contributed by atoms with van der Waals surface area (Å²) in [6.45, 7) is 1.33. The molecule has 0 atom stereocenters. The molecule has 6 heteroatoms. The van der Waals surface area contributed by atoms with Crippen molar-refractivity contribution in [2.45, 2.75) is 45.1 Å². The van der Waals surface area contributed by atoms with Crippen molar-refractivity contribution >= 4 is 47.2 Å². The Hall–Kier alpha value is -2.09. The normalized spacial score (nSPS) is 16.5. The number of aryl methyl sites for hydroxylation is 2. The third-order valence-corrected chi connectivity index (χ3v) is 5.37. The number of carbonyl (C=O) groups excluding carboxylic acids is 1. The number of rotatable bonds is 4. The molecule has 2 aromatic rings. The fraction of sp³-hybridized carbons (Fsp3) is 0.364. The Morgan fingerprint density at radius 3 is 2.57 bits per heavy atom. The van der Waals surface area contributed by atoms with E-state index in [1.54, 1.807) is 0 Å². The lowest BCUT2D eigenvalue weighted by molar-refractivity contribution is -0.119. The maximum absolute atomic E-state index is 12.0. The van der Waals surface area contributed by atoms with Crippen LogP contribution in [-0.2, 0) is 24.2 Å². The van der Waals surface area contributed by atoms with E-state index in [4.69, 9.17) is 5.73 Å². The van der Waals surface area contributed by atoms with E-state index < -0.39 is 0 Å². The van der Waals surface area contributed by atoms with Gasteiger partial charge in [0.25, 0.3) is 0 Å². The lowest BCUT2D eigenvalue weighted by atomic mass is 10.1. The number of nitrogens with zero attached hydrogens (tertiary/aromatic N) is 2. The molecule has 2 aromatic carbocycles. The first-order valence-electron chi connectivity index (χ1n) is 9.77. The summed E-state index contributed by atoms with van der Waals surface area (Å²) in [6, 6.07) is 14.5. The topological polar surface area (TPSA) is 70.7 Å². The van der Waals surface area contributed by atoms with Crippen molar-refractivity contribution in [1.82, 2.24) is 0 Å². The number of aliphatic imine (C=N–C) groups is 1. The lowest BCUT2D eigenvalue weighted by Gasteiger charge is -2.26. The van der Waals surface area contributed by atoms with Gasteiger partial charge in [-0.2, -0.15) is 0 Å². The van der Waals surface area contributed by atoms with Gasteiger partial charge in [-0.25, -0.2) is 4.99 Å². The summed E-state index contributed by atoms with van der Waals surface area (Å²) in [6.07, 6.45) is 6.28. The number of carbonyl (C=O) groups is 1. The Balaban J connectivity index is 0.00000225. The van der Waals surface area contributed by atoms with Crippen LogP contribution in [0, 0.1) is 0 Å². The molecule has 1 heterocycles. The summed E-state index contributed by atoms with van der Waals surface area (Å²) >= 11 is 0. The standard InChI is InChI=1S/C22H26N4O.HI/c23-22(25-19-10-9-17-4-3-5-18(17)14-19)24-15-16-7-11-20(12-8-16)26-13-2-1-6-21(26)27;/h7-12,14H,1-6,13,15H2,(H3,23,24,25);1H. The largest absolute Gasteiger partial charge is 0.370 e. The van der Waals surface area contributed by atoms with Gasteiger partial charge in [0.15, 0.2) is 5.96 Å². The number of nitrogens with two attached hydrogens (primary N) is 1. The molecule has 1 saturated heterocycles. The van der Waals surface area contributed by atoms with Gasteiger partial charge in [0.1, 0.15) is 0 Å². The number of amides is 1. The second kappa shape index (κ2) is 9.41. The van der Waals surface area contributed by atoms with Gasteiger partial charge in [-0.1, -0.05) is 18.2 Å². The van der Waals surface area contributed by atoms with Crippen molar-refractivity contribution in [2.75, 3.05) is 16.8 Å². The molecule has 5 nitrogen and oxygen atoms in total. The van der Waals surface area contributed by atoms with Crippen LogP contribution in [0.2, 0.25) is 0 Å². The number of anilines is 2. The van der Waals surface area contributed by atoms with E-state index in [2.05, 4.69) is 28.5 Å². The van der Waals surface area contributed by atoms with Crippen LogP contribution in [0.3, 0.4) is 0 Å². The van der Waals surface area contributed by atoms with Crippen molar-refractivity contribution in [3.05, 3.63) is 59.2 Å². The second-order valence-corrected chi connectivity index (χ2v) is 7.33. The molecule has 1 aliphatic heterocycles. The number of piperidine rings is 1. The minimum Gasteiger partial charge on any atom is -0.370 e. The van der Waals surface area contributed by atoms with E-state index in [1.807, 2.05) is 29.2 Å². The first-order valence-corrected chi connectivity index (χ1v) is 9.77. The number of hydrogen-bond acceptors (Lipinski definition) is 2. The molecule has 148 valence electrons. The van der Waals surface area contributed by atoms with E-state index in [1.165, 1.54) is 24.0 Å². The molecule has 0 bridgehead atoms. The molecule has 0 unspecified atom stereocenters. The summed E-state index contributed by atoms with van der Waals surface area (Å²) in [4.78, 5) is 18.3. The second-order valence-electron chi connectivity index (χ2n) is 7.33. The molecule has 1 aliphatic carbocycles. The Morgan fingerprint density at radius 2 is 1.79 bits per heavy atom. The van der Waals surface area contributed by atoms with E-state index in [-0.39, 0.29) is 29.9 Å². The van der Waals surface area contributed by atoms with Gasteiger partial charge < -0.3 is 16.0 Å². The number of guanidine groups is 1. The van der Waals surface area contributed by atoms with Crippen molar-refractivity contribution in [3.8, 4) is 0 Å². The predicted octanol–water partition coefficient (Wildman–Crippen LogP) is 4.24. The minimum atomic E-state index is 0. The Kier molecular flexibility index (Phi) is 6.93. The van der Waals surface area contributed by atoms with Gasteiger partial charge in [-0.3, -0.25) is 4.79 Å². The van der Waals surface area contributed by atoms with Crippen LogP contribution >= 0.6 is 24.0 Å². The average molecular weight is 490 g/mol. The van der Waals surface area contributed by atoms with E-state index in [0.717, 1.165) is 42.7 Å². The van der Waals surface area contributed by atoms with Crippen molar-refractivity contribution < 1.29 is 4.79 Å². The summed E-state index contributed by atoms with van der Waals surface area (Å²) in [5.74, 6) is 0.637. The number of halogens is 1. The highest BCUT2D eigenvalue weighted by atomic mass is 127. The van der Waals surface area contributed by atoms with Crippen molar-refractivity contribution in [1.29, 1.82) is 0 Å². The van der Waals surface area contributed by atoms with Gasteiger partial charge in [-0.15, -0.1) is 24.0 Å². The molecule has 0 aromatic heterocycles. The third kappa shape index (κ3) is 4.84. The fourth-order valence-electron chi connectivity index (χ4n) is 3.87. The highest BCUT2D eigenvalue weighted by Gasteiger charge is 2.19. The predicted molar refractivity (Wildman–Crippen MR) is 125 cm³/mol. The number of nitrogens with one attached hydrogen (secondary N) is 1. The van der Waals surface area contributed by atoms with Crippen molar-refractivity contribution in [3.63, 3.8) is 0 Å². The first kappa shape index (κ1) is 20.6. The number of hydrogen-bond donors (Lipinski definition) is 2. The molecule has 3 N–H and O–H groups in total. The zero-order chi connectivity index (χ0) is 18.6. The van der Waals surface area contributed by atoms with Gasteiger partial charge in [0.05, 0.1) is 6.54 Å². The molecule has 0 radical (unpaired) electrons. The maximum atomic E-state index is 12.0. The van der Waals surface area contributed by atoms with Crippen LogP contribution in [0.15, 0.2) is 47.5 Å². The quantitative estimate of drug-likeness (QED) is 0.383. The van der Waals surface area contributed by atoms with E-state index in [9.17, 15) is 4.79 Å². The van der Waals surface area contributed by atoms with Gasteiger partial charge in [0, 0.05) is 24.3 Å². The maximum Gasteiger partial charge on any atom is 0.226 e. The molecule has 0 spiro atoms. The Bertz CT molecular complexity index is 863. The van der Waals surface area contributed by atoms with Crippen LogP contribution in [0.5, 0.6) is 0 Å². The van der Waals surface area contributed by atoms with Gasteiger partial charge in [0.2, 0.25) is 5.91 Å². The fourth-order valence-corrected chi connectivity index (χ4v) is 3.87. The molecule has 2 aliphatic rings. The smallest absolute Gasteiger partial charge is 0.226 e. The molecule has 1 amide bonds. The summed E-state index contributed by atoms with van der Waals surface area (Å²) in [5.41, 5.74) is 11.9. The van der Waals surface area contributed by atoms with Crippen molar-refractivity contribution in [2.24, 2.45) is 10.7 Å². The van der Waals surface area contributed by atoms with E-state index in [0.29, 0.717) is 18.9 Å². The Morgan fingerprint density at radius 1 is 1.00 bits per heavy atom. The zero-order valence-electron chi connectivity index (χ0n) is 16.0. The van der Waals surface area contributed by atoms with Crippen LogP contribution < -0.4 is 16.0 Å². The van der Waals surface area contributed by atoms with Crippen LogP contribution in [0.25, 0.3) is 0 Å².